The minimum Gasteiger partial charge on any atom is -0.399 e. The van der Waals surface area contributed by atoms with E-state index in [9.17, 15) is 0 Å². The van der Waals surface area contributed by atoms with Crippen molar-refractivity contribution >= 4 is 32.4 Å². The zero-order valence-corrected chi connectivity index (χ0v) is 13.7. The third-order valence-electron chi connectivity index (χ3n) is 4.89. The molecular weight excluding hydrogens is 296 g/mol. The molecule has 2 fully saturated rings. The number of nitrogens with zero attached hydrogens (tertiary/aromatic N) is 3. The van der Waals surface area contributed by atoms with E-state index in [1.807, 2.05) is 12.1 Å². The monoisotopic (exact) mass is 318 g/mol. The Morgan fingerprint density at radius 2 is 2.09 bits per heavy atom. The van der Waals surface area contributed by atoms with E-state index in [1.165, 1.54) is 30.6 Å². The van der Waals surface area contributed by atoms with Crippen molar-refractivity contribution in [2.75, 3.05) is 44.0 Å². The molecule has 1 aromatic carbocycles. The van der Waals surface area contributed by atoms with Crippen LogP contribution in [0.3, 0.4) is 0 Å². The summed E-state index contributed by atoms with van der Waals surface area (Å²) in [5.74, 6) is 0. The summed E-state index contributed by atoms with van der Waals surface area (Å²) in [6, 6.07) is 7.22. The average molecular weight is 318 g/mol. The number of aromatic nitrogens is 1. The number of ether oxygens (including phenoxy) is 1. The first kappa shape index (κ1) is 14.2. The minimum atomic E-state index is 0.579. The molecule has 2 aliphatic heterocycles. The van der Waals surface area contributed by atoms with Crippen LogP contribution in [0, 0.1) is 0 Å². The molecule has 0 radical (unpaired) electrons. The summed E-state index contributed by atoms with van der Waals surface area (Å²) < 4.78 is 6.51. The summed E-state index contributed by atoms with van der Waals surface area (Å²) in [5.41, 5.74) is 7.64. The number of thiazole rings is 1. The van der Waals surface area contributed by atoms with Crippen LogP contribution in [-0.4, -0.2) is 55.3 Å². The Hall–Kier alpha value is -1.37. The summed E-state index contributed by atoms with van der Waals surface area (Å²) in [7, 11) is 2.17. The van der Waals surface area contributed by atoms with Crippen LogP contribution in [0.5, 0.6) is 0 Å². The van der Waals surface area contributed by atoms with E-state index in [0.29, 0.717) is 12.1 Å². The fraction of sp³-hybridized carbons (Fsp3) is 0.562. The number of fused-ring (bicyclic) bond motifs is 1. The van der Waals surface area contributed by atoms with Crippen molar-refractivity contribution in [3.8, 4) is 0 Å². The second-order valence-electron chi connectivity index (χ2n) is 6.29. The number of rotatable bonds is 3. The van der Waals surface area contributed by atoms with Gasteiger partial charge in [0.05, 0.1) is 29.5 Å². The normalized spacial score (nSPS) is 21.1. The molecule has 2 N–H and O–H groups in total. The van der Waals surface area contributed by atoms with Crippen molar-refractivity contribution in [3.05, 3.63) is 18.2 Å². The predicted molar refractivity (Wildman–Crippen MR) is 91.6 cm³/mol. The van der Waals surface area contributed by atoms with Gasteiger partial charge in [-0.25, -0.2) is 4.98 Å². The van der Waals surface area contributed by atoms with Gasteiger partial charge < -0.3 is 15.4 Å². The van der Waals surface area contributed by atoms with E-state index in [-0.39, 0.29) is 0 Å². The van der Waals surface area contributed by atoms with Gasteiger partial charge in [0.25, 0.3) is 0 Å². The lowest BCUT2D eigenvalue weighted by Gasteiger charge is -2.43. The van der Waals surface area contributed by atoms with Gasteiger partial charge in [-0.1, -0.05) is 11.3 Å². The molecule has 0 amide bonds. The molecular formula is C16H22N4OS. The number of hydrogen-bond acceptors (Lipinski definition) is 6. The fourth-order valence-electron chi connectivity index (χ4n) is 3.31. The molecule has 5 nitrogen and oxygen atoms in total. The van der Waals surface area contributed by atoms with Gasteiger partial charge in [0.2, 0.25) is 0 Å². The molecule has 118 valence electrons. The second-order valence-corrected chi connectivity index (χ2v) is 7.30. The quantitative estimate of drug-likeness (QED) is 0.879. The van der Waals surface area contributed by atoms with Crippen LogP contribution in [0.1, 0.15) is 12.8 Å². The number of piperidine rings is 1. The standard InChI is InChI=1S/C16H22N4OS/c1-19(12-4-6-20(7-5-12)13-9-21-10-13)16-18-14-8-11(17)2-3-15(14)22-16/h2-3,8,12-13H,4-7,9-10,17H2,1H3. The van der Waals surface area contributed by atoms with Gasteiger partial charge in [-0.15, -0.1) is 0 Å². The highest BCUT2D eigenvalue weighted by atomic mass is 32.1. The van der Waals surface area contributed by atoms with Crippen LogP contribution in [0.15, 0.2) is 18.2 Å². The molecule has 2 saturated heterocycles. The lowest BCUT2D eigenvalue weighted by molar-refractivity contribution is -0.0711. The maximum atomic E-state index is 5.85. The predicted octanol–water partition coefficient (Wildman–Crippen LogP) is 2.18. The molecule has 6 heteroatoms. The zero-order valence-electron chi connectivity index (χ0n) is 12.9. The molecule has 2 aromatic rings. The first-order valence-corrected chi connectivity index (χ1v) is 8.73. The Bertz CT molecular complexity index is 661. The van der Waals surface area contributed by atoms with E-state index < -0.39 is 0 Å². The van der Waals surface area contributed by atoms with Crippen molar-refractivity contribution in [1.29, 1.82) is 0 Å². The number of benzene rings is 1. The number of nitrogens with two attached hydrogens (primary N) is 1. The number of anilines is 2. The van der Waals surface area contributed by atoms with Crippen LogP contribution >= 0.6 is 11.3 Å². The van der Waals surface area contributed by atoms with Gasteiger partial charge in [0.1, 0.15) is 0 Å². The van der Waals surface area contributed by atoms with Crippen molar-refractivity contribution in [1.82, 2.24) is 9.88 Å². The number of hydrogen-bond donors (Lipinski definition) is 1. The van der Waals surface area contributed by atoms with E-state index in [2.05, 4.69) is 22.9 Å². The van der Waals surface area contributed by atoms with Crippen molar-refractivity contribution in [3.63, 3.8) is 0 Å². The van der Waals surface area contributed by atoms with Crippen molar-refractivity contribution < 1.29 is 4.74 Å². The highest BCUT2D eigenvalue weighted by Crippen LogP contribution is 2.32. The third-order valence-corrected chi connectivity index (χ3v) is 6.01. The Morgan fingerprint density at radius 3 is 2.77 bits per heavy atom. The molecule has 1 aromatic heterocycles. The van der Waals surface area contributed by atoms with E-state index >= 15 is 0 Å². The third kappa shape index (κ3) is 2.55. The largest absolute Gasteiger partial charge is 0.399 e. The minimum absolute atomic E-state index is 0.579. The summed E-state index contributed by atoms with van der Waals surface area (Å²) >= 11 is 1.76. The maximum absolute atomic E-state index is 5.85. The van der Waals surface area contributed by atoms with Gasteiger partial charge in [-0.05, 0) is 31.0 Å². The molecule has 22 heavy (non-hydrogen) atoms. The van der Waals surface area contributed by atoms with E-state index in [1.54, 1.807) is 11.3 Å². The number of likely N-dealkylation sites (tertiary alicyclic amines) is 1. The second kappa shape index (κ2) is 5.68. The Balaban J connectivity index is 1.45. The smallest absolute Gasteiger partial charge is 0.186 e. The lowest BCUT2D eigenvalue weighted by atomic mass is 10.0. The van der Waals surface area contributed by atoms with Gasteiger partial charge in [0.15, 0.2) is 5.13 Å². The summed E-state index contributed by atoms with van der Waals surface area (Å²) in [6.07, 6.45) is 2.40. The van der Waals surface area contributed by atoms with E-state index in [0.717, 1.165) is 29.5 Å². The highest BCUT2D eigenvalue weighted by molar-refractivity contribution is 7.22. The van der Waals surface area contributed by atoms with Gasteiger partial charge in [0, 0.05) is 31.9 Å². The van der Waals surface area contributed by atoms with Crippen LogP contribution < -0.4 is 10.6 Å². The van der Waals surface area contributed by atoms with Crippen LogP contribution in [0.25, 0.3) is 10.2 Å². The van der Waals surface area contributed by atoms with Gasteiger partial charge in [-0.2, -0.15) is 0 Å². The highest BCUT2D eigenvalue weighted by Gasteiger charge is 2.31. The van der Waals surface area contributed by atoms with Gasteiger partial charge in [-0.3, -0.25) is 4.90 Å². The van der Waals surface area contributed by atoms with Crippen molar-refractivity contribution in [2.45, 2.75) is 24.9 Å². The van der Waals surface area contributed by atoms with Crippen LogP contribution in [0.2, 0.25) is 0 Å². The summed E-state index contributed by atoms with van der Waals surface area (Å²) in [6.45, 7) is 4.17. The maximum Gasteiger partial charge on any atom is 0.186 e. The zero-order chi connectivity index (χ0) is 15.1. The molecule has 3 heterocycles. The van der Waals surface area contributed by atoms with Gasteiger partial charge >= 0.3 is 0 Å². The summed E-state index contributed by atoms with van der Waals surface area (Å²) in [4.78, 5) is 9.69. The molecule has 0 saturated carbocycles. The van der Waals surface area contributed by atoms with E-state index in [4.69, 9.17) is 15.5 Å². The molecule has 0 atom stereocenters. The van der Waals surface area contributed by atoms with Crippen LogP contribution in [-0.2, 0) is 4.74 Å². The molecule has 0 spiro atoms. The first-order valence-electron chi connectivity index (χ1n) is 7.91. The Kier molecular flexibility index (Phi) is 3.68. The molecule has 0 bridgehead atoms. The molecule has 4 rings (SSSR count). The Labute approximate surface area is 134 Å². The average Bonchev–Trinajstić information content (AvgIpc) is 2.88. The molecule has 0 unspecified atom stereocenters. The van der Waals surface area contributed by atoms with Crippen LogP contribution in [0.4, 0.5) is 10.8 Å². The van der Waals surface area contributed by atoms with Crippen molar-refractivity contribution in [2.24, 2.45) is 0 Å². The summed E-state index contributed by atoms with van der Waals surface area (Å²) in [5, 5.41) is 1.10. The molecule has 0 aliphatic carbocycles. The first-order chi connectivity index (χ1) is 10.7. The fourth-order valence-corrected chi connectivity index (χ4v) is 4.29. The topological polar surface area (TPSA) is 54.6 Å². The molecule has 2 aliphatic rings. The Morgan fingerprint density at radius 1 is 1.32 bits per heavy atom. The SMILES string of the molecule is CN(c1nc2cc(N)ccc2s1)C1CCN(C2COC2)CC1. The lowest BCUT2D eigenvalue weighted by Crippen LogP contribution is -2.54. The number of nitrogen functional groups attached to an aromatic ring is 1.